The van der Waals surface area contributed by atoms with Crippen molar-refractivity contribution in [2.45, 2.75) is 27.3 Å². The van der Waals surface area contributed by atoms with Crippen molar-refractivity contribution in [3.05, 3.63) is 51.1 Å². The van der Waals surface area contributed by atoms with Gasteiger partial charge in [-0.1, -0.05) is 11.6 Å². The highest BCUT2D eigenvalue weighted by atomic mass is 16.5. The van der Waals surface area contributed by atoms with Crippen LogP contribution in [0.3, 0.4) is 0 Å². The molecule has 0 saturated carbocycles. The highest BCUT2D eigenvalue weighted by Crippen LogP contribution is 2.19. The molecule has 0 aliphatic heterocycles. The van der Waals surface area contributed by atoms with Crippen molar-refractivity contribution < 1.29 is 13.9 Å². The summed E-state index contributed by atoms with van der Waals surface area (Å²) in [6.45, 7) is 6.01. The van der Waals surface area contributed by atoms with Gasteiger partial charge >= 0.3 is 5.97 Å². The van der Waals surface area contributed by atoms with Crippen molar-refractivity contribution in [2.24, 2.45) is 0 Å². The molecule has 0 aliphatic carbocycles. The molecular weight excluding hydrogens is 308 g/mol. The molecule has 24 heavy (non-hydrogen) atoms. The third kappa shape index (κ3) is 2.40. The largest absolute Gasteiger partial charge is 0.462 e. The predicted octanol–water partition coefficient (Wildman–Crippen LogP) is 2.73. The Kier molecular flexibility index (Phi) is 3.97. The molecule has 6 nitrogen and oxygen atoms in total. The first kappa shape index (κ1) is 16.0. The van der Waals surface area contributed by atoms with E-state index in [4.69, 9.17) is 14.6 Å². The van der Waals surface area contributed by atoms with E-state index in [0.717, 1.165) is 5.56 Å². The Morgan fingerprint density at radius 1 is 1.25 bits per heavy atom. The standard InChI is InChI=1S/C18H18N2O4/c1-4-20-16(19)13(18(22)23-5-2)9-12-15(21)11-8-10(3)6-7-14(11)24-17(12)20/h6-9,19H,4-5H2,1-3H3. The van der Waals surface area contributed by atoms with E-state index in [2.05, 4.69) is 0 Å². The molecule has 0 unspecified atom stereocenters. The lowest BCUT2D eigenvalue weighted by molar-refractivity contribution is 0.0523. The van der Waals surface area contributed by atoms with Gasteiger partial charge in [-0.15, -0.1) is 0 Å². The molecule has 3 rings (SSSR count). The molecule has 0 bridgehead atoms. The maximum atomic E-state index is 12.9. The number of hydrogen-bond donors (Lipinski definition) is 1. The molecule has 124 valence electrons. The van der Waals surface area contributed by atoms with E-state index in [-0.39, 0.29) is 34.2 Å². The fraction of sp³-hybridized carbons (Fsp3) is 0.278. The van der Waals surface area contributed by atoms with Gasteiger partial charge in [0.2, 0.25) is 11.1 Å². The molecule has 1 aromatic carbocycles. The molecule has 0 radical (unpaired) electrons. The number of aryl methyl sites for hydroxylation is 2. The lowest BCUT2D eigenvalue weighted by Crippen LogP contribution is -2.28. The minimum atomic E-state index is -0.615. The average molecular weight is 326 g/mol. The normalized spacial score (nSPS) is 11.1. The Labute approximate surface area is 137 Å². The Hall–Kier alpha value is -2.89. The van der Waals surface area contributed by atoms with Crippen LogP contribution in [0, 0.1) is 12.3 Å². The van der Waals surface area contributed by atoms with Crippen LogP contribution in [-0.2, 0) is 11.3 Å². The van der Waals surface area contributed by atoms with E-state index in [9.17, 15) is 9.59 Å². The fourth-order valence-electron chi connectivity index (χ4n) is 2.77. The smallest absolute Gasteiger partial charge is 0.341 e. The van der Waals surface area contributed by atoms with Gasteiger partial charge in [-0.3, -0.25) is 14.8 Å². The highest BCUT2D eigenvalue weighted by molar-refractivity contribution is 5.95. The zero-order valence-electron chi connectivity index (χ0n) is 13.8. The Bertz CT molecular complexity index is 1080. The van der Waals surface area contributed by atoms with Crippen LogP contribution < -0.4 is 10.9 Å². The van der Waals surface area contributed by atoms with Gasteiger partial charge in [-0.25, -0.2) is 4.79 Å². The molecule has 0 saturated heterocycles. The molecular formula is C18H18N2O4. The number of benzene rings is 1. The zero-order chi connectivity index (χ0) is 17.4. The molecule has 0 amide bonds. The lowest BCUT2D eigenvalue weighted by Gasteiger charge is -2.12. The first-order valence-corrected chi connectivity index (χ1v) is 7.80. The second kappa shape index (κ2) is 5.96. The number of fused-ring (bicyclic) bond motifs is 2. The van der Waals surface area contributed by atoms with Crippen LogP contribution in [0.5, 0.6) is 0 Å². The Morgan fingerprint density at radius 2 is 2.00 bits per heavy atom. The summed E-state index contributed by atoms with van der Waals surface area (Å²) in [5.41, 5.74) is 1.51. The van der Waals surface area contributed by atoms with E-state index >= 15 is 0 Å². The lowest BCUT2D eigenvalue weighted by atomic mass is 10.1. The van der Waals surface area contributed by atoms with Crippen molar-refractivity contribution in [3.63, 3.8) is 0 Å². The van der Waals surface area contributed by atoms with E-state index in [1.165, 1.54) is 10.6 Å². The number of pyridine rings is 1. The number of ether oxygens (including phenoxy) is 1. The van der Waals surface area contributed by atoms with Crippen LogP contribution in [0.2, 0.25) is 0 Å². The molecule has 6 heteroatoms. The molecule has 3 aromatic rings. The SMILES string of the molecule is CCOC(=O)c1cc2c(=O)c3cc(C)ccc3oc2n(CC)c1=N. The van der Waals surface area contributed by atoms with Crippen LogP contribution in [0.1, 0.15) is 29.8 Å². The number of carbonyl (C=O) groups excluding carboxylic acids is 1. The summed E-state index contributed by atoms with van der Waals surface area (Å²) in [6.07, 6.45) is 0. The van der Waals surface area contributed by atoms with E-state index < -0.39 is 5.97 Å². The second-order valence-corrected chi connectivity index (χ2v) is 5.52. The van der Waals surface area contributed by atoms with Gasteiger partial charge in [-0.2, -0.15) is 0 Å². The molecule has 2 aromatic heterocycles. The molecule has 0 aliphatic rings. The van der Waals surface area contributed by atoms with Gasteiger partial charge in [-0.05, 0) is 39.0 Å². The molecule has 1 N–H and O–H groups in total. The number of nitrogens with zero attached hydrogens (tertiary/aromatic N) is 1. The summed E-state index contributed by atoms with van der Waals surface area (Å²) < 4.78 is 12.4. The number of esters is 1. The molecule has 0 atom stereocenters. The second-order valence-electron chi connectivity index (χ2n) is 5.52. The van der Waals surface area contributed by atoms with Crippen LogP contribution in [0.4, 0.5) is 0 Å². The van der Waals surface area contributed by atoms with Crippen molar-refractivity contribution in [1.29, 1.82) is 5.41 Å². The third-order valence-corrected chi connectivity index (χ3v) is 3.93. The van der Waals surface area contributed by atoms with Crippen molar-refractivity contribution in [1.82, 2.24) is 4.57 Å². The fourth-order valence-corrected chi connectivity index (χ4v) is 2.77. The zero-order valence-corrected chi connectivity index (χ0v) is 13.8. The maximum absolute atomic E-state index is 12.9. The predicted molar refractivity (Wildman–Crippen MR) is 90.2 cm³/mol. The monoisotopic (exact) mass is 326 g/mol. The van der Waals surface area contributed by atoms with Crippen molar-refractivity contribution in [3.8, 4) is 0 Å². The summed E-state index contributed by atoms with van der Waals surface area (Å²) in [5.74, 6) is -0.615. The van der Waals surface area contributed by atoms with Crippen molar-refractivity contribution in [2.75, 3.05) is 6.61 Å². The van der Waals surface area contributed by atoms with Gasteiger partial charge in [0.15, 0.2) is 0 Å². The van der Waals surface area contributed by atoms with Gasteiger partial charge in [0, 0.05) is 6.54 Å². The van der Waals surface area contributed by atoms with Crippen LogP contribution >= 0.6 is 0 Å². The number of carbonyl (C=O) groups is 1. The average Bonchev–Trinajstić information content (AvgIpc) is 2.55. The minimum Gasteiger partial charge on any atom is -0.462 e. The third-order valence-electron chi connectivity index (χ3n) is 3.93. The summed E-state index contributed by atoms with van der Waals surface area (Å²) >= 11 is 0. The first-order valence-electron chi connectivity index (χ1n) is 7.80. The Morgan fingerprint density at radius 3 is 2.67 bits per heavy atom. The summed E-state index contributed by atoms with van der Waals surface area (Å²) in [5, 5.41) is 8.98. The summed E-state index contributed by atoms with van der Waals surface area (Å²) in [6, 6.07) is 6.77. The summed E-state index contributed by atoms with van der Waals surface area (Å²) in [7, 11) is 0. The minimum absolute atomic E-state index is 0.0296. The van der Waals surface area contributed by atoms with Crippen LogP contribution in [0.15, 0.2) is 33.5 Å². The van der Waals surface area contributed by atoms with E-state index in [1.54, 1.807) is 19.1 Å². The highest BCUT2D eigenvalue weighted by Gasteiger charge is 2.18. The van der Waals surface area contributed by atoms with Gasteiger partial charge < -0.3 is 9.15 Å². The first-order chi connectivity index (χ1) is 11.5. The topological polar surface area (TPSA) is 85.3 Å². The maximum Gasteiger partial charge on any atom is 0.341 e. The van der Waals surface area contributed by atoms with Gasteiger partial charge in [0.1, 0.15) is 16.6 Å². The van der Waals surface area contributed by atoms with Crippen LogP contribution in [-0.4, -0.2) is 17.1 Å². The Balaban J connectivity index is 2.48. The number of nitrogens with one attached hydrogen (secondary N) is 1. The summed E-state index contributed by atoms with van der Waals surface area (Å²) in [4.78, 5) is 25.0. The van der Waals surface area contributed by atoms with Gasteiger partial charge in [0.05, 0.1) is 17.4 Å². The number of rotatable bonds is 3. The van der Waals surface area contributed by atoms with Gasteiger partial charge in [0.25, 0.3) is 0 Å². The van der Waals surface area contributed by atoms with E-state index in [0.29, 0.717) is 17.5 Å². The van der Waals surface area contributed by atoms with Crippen LogP contribution in [0.25, 0.3) is 22.1 Å². The number of hydrogen-bond acceptors (Lipinski definition) is 5. The molecule has 0 fully saturated rings. The van der Waals surface area contributed by atoms with Crippen molar-refractivity contribution >= 4 is 28.0 Å². The quantitative estimate of drug-likeness (QED) is 0.592. The van der Waals surface area contributed by atoms with E-state index in [1.807, 2.05) is 19.9 Å². The molecule has 0 spiro atoms. The molecule has 2 heterocycles. The number of aromatic nitrogens is 1.